The summed E-state index contributed by atoms with van der Waals surface area (Å²) in [5.41, 5.74) is 2.02. The fraction of sp³-hybridized carbons (Fsp3) is 0.375. The number of aromatic nitrogens is 1. The number of anilines is 3. The van der Waals surface area contributed by atoms with E-state index < -0.39 is 0 Å². The smallest absolute Gasteiger partial charge is 0.243 e. The Morgan fingerprint density at radius 2 is 1.96 bits per heavy atom. The molecule has 23 heavy (non-hydrogen) atoms. The van der Waals surface area contributed by atoms with E-state index in [9.17, 15) is 4.79 Å². The molecule has 0 unspecified atom stereocenters. The SMILES string of the molecule is CN1CCN(c2ccc(NC(=O)CNc3nccs3)cc2)CC1. The number of hydrogen-bond acceptors (Lipinski definition) is 6. The number of nitrogens with one attached hydrogen (secondary N) is 2. The molecule has 0 bridgehead atoms. The minimum Gasteiger partial charge on any atom is -0.369 e. The summed E-state index contributed by atoms with van der Waals surface area (Å²) in [6.07, 6.45) is 1.71. The molecule has 7 heteroatoms. The normalized spacial score (nSPS) is 15.4. The van der Waals surface area contributed by atoms with Crippen LogP contribution >= 0.6 is 11.3 Å². The Morgan fingerprint density at radius 3 is 2.61 bits per heavy atom. The second-order valence-corrected chi connectivity index (χ2v) is 6.47. The van der Waals surface area contributed by atoms with Gasteiger partial charge in [0.1, 0.15) is 0 Å². The molecule has 3 rings (SSSR count). The van der Waals surface area contributed by atoms with Gasteiger partial charge in [0.25, 0.3) is 0 Å². The summed E-state index contributed by atoms with van der Waals surface area (Å²) >= 11 is 1.48. The molecule has 1 fully saturated rings. The highest BCUT2D eigenvalue weighted by molar-refractivity contribution is 7.13. The van der Waals surface area contributed by atoms with Crippen LogP contribution in [0.25, 0.3) is 0 Å². The van der Waals surface area contributed by atoms with Crippen LogP contribution in [0.2, 0.25) is 0 Å². The highest BCUT2D eigenvalue weighted by atomic mass is 32.1. The average Bonchev–Trinajstić information content (AvgIpc) is 3.08. The Labute approximate surface area is 140 Å². The summed E-state index contributed by atoms with van der Waals surface area (Å²) in [7, 11) is 2.15. The van der Waals surface area contributed by atoms with E-state index in [4.69, 9.17) is 0 Å². The van der Waals surface area contributed by atoms with Crippen LogP contribution in [0.3, 0.4) is 0 Å². The number of carbonyl (C=O) groups excluding carboxylic acids is 1. The maximum absolute atomic E-state index is 11.9. The quantitative estimate of drug-likeness (QED) is 0.877. The van der Waals surface area contributed by atoms with E-state index in [0.717, 1.165) is 37.0 Å². The zero-order valence-corrected chi connectivity index (χ0v) is 14.0. The summed E-state index contributed by atoms with van der Waals surface area (Å²) in [5, 5.41) is 8.51. The number of likely N-dealkylation sites (N-methyl/N-ethyl adjacent to an activating group) is 1. The number of hydrogen-bond donors (Lipinski definition) is 2. The van der Waals surface area contributed by atoms with E-state index in [1.807, 2.05) is 17.5 Å². The molecule has 1 aliphatic rings. The molecule has 2 aromatic rings. The first-order chi connectivity index (χ1) is 11.2. The minimum absolute atomic E-state index is 0.0763. The van der Waals surface area contributed by atoms with Crippen LogP contribution in [-0.2, 0) is 4.79 Å². The lowest BCUT2D eigenvalue weighted by atomic mass is 10.2. The van der Waals surface area contributed by atoms with E-state index in [1.165, 1.54) is 17.0 Å². The number of rotatable bonds is 5. The maximum atomic E-state index is 11.9. The predicted octanol–water partition coefficient (Wildman–Crippen LogP) is 1.95. The maximum Gasteiger partial charge on any atom is 0.243 e. The van der Waals surface area contributed by atoms with Gasteiger partial charge in [-0.15, -0.1) is 11.3 Å². The van der Waals surface area contributed by atoms with Crippen molar-refractivity contribution in [3.8, 4) is 0 Å². The molecular formula is C16H21N5OS. The molecule has 0 spiro atoms. The lowest BCUT2D eigenvalue weighted by molar-refractivity contribution is -0.114. The summed E-state index contributed by atoms with van der Waals surface area (Å²) in [6, 6.07) is 8.04. The standard InChI is InChI=1S/C16H21N5OS/c1-20-7-9-21(10-8-20)14-4-2-13(3-5-14)19-15(22)12-18-16-17-6-11-23-16/h2-6,11H,7-10,12H2,1H3,(H,17,18)(H,19,22). The molecule has 0 atom stereocenters. The molecule has 1 amide bonds. The third kappa shape index (κ3) is 4.43. The van der Waals surface area contributed by atoms with E-state index >= 15 is 0 Å². The van der Waals surface area contributed by atoms with Crippen molar-refractivity contribution in [1.82, 2.24) is 9.88 Å². The number of thiazole rings is 1. The van der Waals surface area contributed by atoms with Crippen molar-refractivity contribution in [2.45, 2.75) is 0 Å². The lowest BCUT2D eigenvalue weighted by Crippen LogP contribution is -2.44. The molecule has 122 valence electrons. The lowest BCUT2D eigenvalue weighted by Gasteiger charge is -2.34. The summed E-state index contributed by atoms with van der Waals surface area (Å²) in [5.74, 6) is -0.0763. The van der Waals surface area contributed by atoms with Crippen molar-refractivity contribution in [2.75, 3.05) is 55.3 Å². The van der Waals surface area contributed by atoms with Crippen LogP contribution in [0.5, 0.6) is 0 Å². The number of carbonyl (C=O) groups is 1. The average molecular weight is 331 g/mol. The molecule has 0 aliphatic carbocycles. The van der Waals surface area contributed by atoms with Crippen LogP contribution in [0.1, 0.15) is 0 Å². The first kappa shape index (κ1) is 15.8. The molecule has 2 N–H and O–H groups in total. The monoisotopic (exact) mass is 331 g/mol. The van der Waals surface area contributed by atoms with Gasteiger partial charge in [0, 0.05) is 49.1 Å². The largest absolute Gasteiger partial charge is 0.369 e. The highest BCUT2D eigenvalue weighted by Gasteiger charge is 2.14. The summed E-state index contributed by atoms with van der Waals surface area (Å²) in [6.45, 7) is 4.47. The fourth-order valence-corrected chi connectivity index (χ4v) is 3.02. The van der Waals surface area contributed by atoms with Crippen molar-refractivity contribution in [1.29, 1.82) is 0 Å². The van der Waals surface area contributed by atoms with Crippen LogP contribution in [0, 0.1) is 0 Å². The van der Waals surface area contributed by atoms with Gasteiger partial charge >= 0.3 is 0 Å². The van der Waals surface area contributed by atoms with Gasteiger partial charge in [0.05, 0.1) is 6.54 Å². The number of piperazine rings is 1. The Bertz CT molecular complexity index is 620. The molecule has 1 aromatic carbocycles. The van der Waals surface area contributed by atoms with Gasteiger partial charge in [-0.1, -0.05) is 0 Å². The number of amides is 1. The third-order valence-corrected chi connectivity index (χ3v) is 4.58. The fourth-order valence-electron chi connectivity index (χ4n) is 2.49. The zero-order valence-electron chi connectivity index (χ0n) is 13.2. The predicted molar refractivity (Wildman–Crippen MR) is 95.4 cm³/mol. The van der Waals surface area contributed by atoms with Gasteiger partial charge < -0.3 is 20.4 Å². The second-order valence-electron chi connectivity index (χ2n) is 5.58. The van der Waals surface area contributed by atoms with Crippen molar-refractivity contribution in [3.63, 3.8) is 0 Å². The van der Waals surface area contributed by atoms with Crippen molar-refractivity contribution in [2.24, 2.45) is 0 Å². The van der Waals surface area contributed by atoms with Crippen LogP contribution in [-0.4, -0.2) is 55.6 Å². The van der Waals surface area contributed by atoms with E-state index in [2.05, 4.69) is 44.6 Å². The van der Waals surface area contributed by atoms with Crippen LogP contribution in [0.4, 0.5) is 16.5 Å². The van der Waals surface area contributed by atoms with E-state index in [0.29, 0.717) is 0 Å². The van der Waals surface area contributed by atoms with Crippen LogP contribution in [0.15, 0.2) is 35.8 Å². The Morgan fingerprint density at radius 1 is 1.22 bits per heavy atom. The third-order valence-electron chi connectivity index (χ3n) is 3.85. The van der Waals surface area contributed by atoms with Crippen molar-refractivity contribution in [3.05, 3.63) is 35.8 Å². The Balaban J connectivity index is 1.50. The molecule has 1 aliphatic heterocycles. The molecule has 1 saturated heterocycles. The van der Waals surface area contributed by atoms with Crippen molar-refractivity contribution < 1.29 is 4.79 Å². The van der Waals surface area contributed by atoms with E-state index in [-0.39, 0.29) is 12.5 Å². The molecule has 6 nitrogen and oxygen atoms in total. The topological polar surface area (TPSA) is 60.5 Å². The molecule has 0 radical (unpaired) electrons. The van der Waals surface area contributed by atoms with Gasteiger partial charge in [0.2, 0.25) is 5.91 Å². The highest BCUT2D eigenvalue weighted by Crippen LogP contribution is 2.19. The number of nitrogens with zero attached hydrogens (tertiary/aromatic N) is 3. The van der Waals surface area contributed by atoms with Gasteiger partial charge in [-0.2, -0.15) is 0 Å². The zero-order chi connectivity index (χ0) is 16.1. The van der Waals surface area contributed by atoms with Crippen molar-refractivity contribution >= 4 is 33.8 Å². The van der Waals surface area contributed by atoms with Gasteiger partial charge in [0.15, 0.2) is 5.13 Å². The van der Waals surface area contributed by atoms with E-state index in [1.54, 1.807) is 6.20 Å². The second kappa shape index (κ2) is 7.43. The molecule has 0 saturated carbocycles. The summed E-state index contributed by atoms with van der Waals surface area (Å²) in [4.78, 5) is 20.7. The molecule has 1 aromatic heterocycles. The van der Waals surface area contributed by atoms with Crippen LogP contribution < -0.4 is 15.5 Å². The summed E-state index contributed by atoms with van der Waals surface area (Å²) < 4.78 is 0. The first-order valence-corrected chi connectivity index (χ1v) is 8.55. The van der Waals surface area contributed by atoms with Gasteiger partial charge in [-0.3, -0.25) is 4.79 Å². The first-order valence-electron chi connectivity index (χ1n) is 7.67. The number of benzene rings is 1. The minimum atomic E-state index is -0.0763. The van der Waals surface area contributed by atoms with Gasteiger partial charge in [-0.05, 0) is 31.3 Å². The Hall–Kier alpha value is -2.12. The molecular weight excluding hydrogens is 310 g/mol. The van der Waals surface area contributed by atoms with Gasteiger partial charge in [-0.25, -0.2) is 4.98 Å². The molecule has 2 heterocycles. The Kier molecular flexibility index (Phi) is 5.09.